The summed E-state index contributed by atoms with van der Waals surface area (Å²) in [6.07, 6.45) is 2.94. The number of benzene rings is 2. The number of nitrogens with zero attached hydrogens (tertiary/aromatic N) is 1. The van der Waals surface area contributed by atoms with Crippen LogP contribution in [0.15, 0.2) is 48.5 Å². The van der Waals surface area contributed by atoms with Gasteiger partial charge in [0.15, 0.2) is 11.6 Å². The first-order chi connectivity index (χ1) is 12.4. The molecule has 6 heteroatoms. The van der Waals surface area contributed by atoms with Gasteiger partial charge in [-0.3, -0.25) is 9.59 Å². The van der Waals surface area contributed by atoms with Crippen LogP contribution in [0.1, 0.15) is 21.5 Å². The Morgan fingerprint density at radius 1 is 1.19 bits per heavy atom. The summed E-state index contributed by atoms with van der Waals surface area (Å²) in [5.74, 6) is -0.690. The van der Waals surface area contributed by atoms with Crippen LogP contribution in [-0.2, 0) is 11.3 Å². The molecule has 0 spiro atoms. The summed E-state index contributed by atoms with van der Waals surface area (Å²) in [7, 11) is 4.64. The summed E-state index contributed by atoms with van der Waals surface area (Å²) in [5, 5.41) is 2.56. The van der Waals surface area contributed by atoms with Crippen LogP contribution in [0.25, 0.3) is 6.08 Å². The van der Waals surface area contributed by atoms with E-state index in [9.17, 15) is 14.0 Å². The molecule has 0 saturated heterocycles. The zero-order valence-electron chi connectivity index (χ0n) is 15.0. The predicted octanol–water partition coefficient (Wildman–Crippen LogP) is 2.87. The van der Waals surface area contributed by atoms with E-state index in [1.807, 2.05) is 0 Å². The summed E-state index contributed by atoms with van der Waals surface area (Å²) >= 11 is 0. The Hall–Kier alpha value is -3.15. The number of carbonyl (C=O) groups is 2. The Kier molecular flexibility index (Phi) is 6.49. The van der Waals surface area contributed by atoms with Crippen molar-refractivity contribution in [2.75, 3.05) is 21.2 Å². The quantitative estimate of drug-likeness (QED) is 0.810. The van der Waals surface area contributed by atoms with Gasteiger partial charge in [0.1, 0.15) is 0 Å². The van der Waals surface area contributed by atoms with E-state index in [1.54, 1.807) is 50.5 Å². The molecule has 0 aliphatic heterocycles. The van der Waals surface area contributed by atoms with E-state index in [4.69, 9.17) is 4.74 Å². The molecule has 0 saturated carbocycles. The first-order valence-corrected chi connectivity index (χ1v) is 8.02. The lowest BCUT2D eigenvalue weighted by Crippen LogP contribution is -2.24. The highest BCUT2D eigenvalue weighted by Gasteiger charge is 2.08. The number of hydrogen-bond acceptors (Lipinski definition) is 3. The van der Waals surface area contributed by atoms with Crippen molar-refractivity contribution in [1.29, 1.82) is 0 Å². The lowest BCUT2D eigenvalue weighted by atomic mass is 10.1. The fraction of sp³-hybridized carbons (Fsp3) is 0.200. The van der Waals surface area contributed by atoms with Crippen molar-refractivity contribution in [2.24, 2.45) is 0 Å². The molecular formula is C20H21FN2O3. The lowest BCUT2D eigenvalue weighted by Gasteiger charge is -2.15. The van der Waals surface area contributed by atoms with Gasteiger partial charge >= 0.3 is 0 Å². The summed E-state index contributed by atoms with van der Waals surface area (Å²) in [5.41, 5.74) is 2.03. The van der Waals surface area contributed by atoms with Gasteiger partial charge in [-0.25, -0.2) is 4.39 Å². The van der Waals surface area contributed by atoms with Crippen LogP contribution in [0.3, 0.4) is 0 Å². The van der Waals surface area contributed by atoms with Crippen molar-refractivity contribution < 1.29 is 18.7 Å². The monoisotopic (exact) mass is 356 g/mol. The molecule has 0 atom stereocenters. The molecule has 5 nitrogen and oxygen atoms in total. The van der Waals surface area contributed by atoms with Crippen LogP contribution in [0.4, 0.5) is 4.39 Å². The minimum absolute atomic E-state index is 0.157. The fourth-order valence-corrected chi connectivity index (χ4v) is 2.34. The van der Waals surface area contributed by atoms with Crippen LogP contribution >= 0.6 is 0 Å². The van der Waals surface area contributed by atoms with E-state index in [0.29, 0.717) is 17.7 Å². The summed E-state index contributed by atoms with van der Waals surface area (Å²) in [4.78, 5) is 25.3. The Labute approximate surface area is 152 Å². The molecule has 2 aromatic rings. The lowest BCUT2D eigenvalue weighted by molar-refractivity contribution is -0.125. The molecule has 0 aromatic heterocycles. The number of hydrogen-bond donors (Lipinski definition) is 1. The third kappa shape index (κ3) is 4.92. The van der Waals surface area contributed by atoms with Crippen LogP contribution in [0.5, 0.6) is 5.75 Å². The molecule has 2 aromatic carbocycles. The average Bonchev–Trinajstić information content (AvgIpc) is 2.66. The average molecular weight is 356 g/mol. The molecule has 2 rings (SSSR count). The SMILES string of the molecule is CNC(=O)c1ccc(CN(C)C(=O)/C=C/c2ccc(OC)c(F)c2)cc1. The Morgan fingerprint density at radius 2 is 1.88 bits per heavy atom. The smallest absolute Gasteiger partial charge is 0.251 e. The second kappa shape index (κ2) is 8.80. The zero-order valence-corrected chi connectivity index (χ0v) is 15.0. The van der Waals surface area contributed by atoms with E-state index in [0.717, 1.165) is 5.56 Å². The van der Waals surface area contributed by atoms with Crippen LogP contribution in [0, 0.1) is 5.82 Å². The number of nitrogens with one attached hydrogen (secondary N) is 1. The number of amides is 2. The summed E-state index contributed by atoms with van der Waals surface area (Å²) < 4.78 is 18.5. The molecule has 0 aliphatic carbocycles. The van der Waals surface area contributed by atoms with Gasteiger partial charge in [0, 0.05) is 32.3 Å². The van der Waals surface area contributed by atoms with Crippen molar-refractivity contribution >= 4 is 17.9 Å². The maximum atomic E-state index is 13.7. The van der Waals surface area contributed by atoms with Crippen LogP contribution in [-0.4, -0.2) is 37.9 Å². The van der Waals surface area contributed by atoms with Crippen LogP contribution < -0.4 is 10.1 Å². The van der Waals surface area contributed by atoms with Gasteiger partial charge < -0.3 is 15.0 Å². The van der Waals surface area contributed by atoms with Crippen molar-refractivity contribution in [2.45, 2.75) is 6.54 Å². The minimum atomic E-state index is -0.480. The van der Waals surface area contributed by atoms with E-state index >= 15 is 0 Å². The Balaban J connectivity index is 1.98. The second-order valence-corrected chi connectivity index (χ2v) is 5.70. The van der Waals surface area contributed by atoms with E-state index in [-0.39, 0.29) is 17.6 Å². The molecule has 0 unspecified atom stereocenters. The van der Waals surface area contributed by atoms with Gasteiger partial charge in [0.05, 0.1) is 7.11 Å². The Bertz CT molecular complexity index is 816. The second-order valence-electron chi connectivity index (χ2n) is 5.70. The van der Waals surface area contributed by atoms with Crippen LogP contribution in [0.2, 0.25) is 0 Å². The molecule has 0 heterocycles. The van der Waals surface area contributed by atoms with Gasteiger partial charge in [-0.1, -0.05) is 18.2 Å². The van der Waals surface area contributed by atoms with Gasteiger partial charge in [-0.05, 0) is 41.5 Å². The standard InChI is InChI=1S/C20H21FN2O3/c1-22-20(25)16-8-4-15(5-9-16)13-23(2)19(24)11-7-14-6-10-18(26-3)17(21)12-14/h4-12H,13H2,1-3H3,(H,22,25)/b11-7+. The topological polar surface area (TPSA) is 58.6 Å². The first kappa shape index (κ1) is 19.2. The van der Waals surface area contributed by atoms with Crippen molar-refractivity contribution in [3.63, 3.8) is 0 Å². The Morgan fingerprint density at radius 3 is 2.46 bits per heavy atom. The summed E-state index contributed by atoms with van der Waals surface area (Å²) in [6.45, 7) is 0.397. The third-order valence-corrected chi connectivity index (χ3v) is 3.83. The zero-order chi connectivity index (χ0) is 19.1. The van der Waals surface area contributed by atoms with Gasteiger partial charge in [-0.15, -0.1) is 0 Å². The molecular weight excluding hydrogens is 335 g/mol. The van der Waals surface area contributed by atoms with Gasteiger partial charge in [-0.2, -0.15) is 0 Å². The van der Waals surface area contributed by atoms with Gasteiger partial charge in [0.2, 0.25) is 5.91 Å². The maximum absolute atomic E-state index is 13.7. The molecule has 0 fully saturated rings. The highest BCUT2D eigenvalue weighted by atomic mass is 19.1. The predicted molar refractivity (Wildman–Crippen MR) is 98.3 cm³/mol. The molecule has 0 aliphatic rings. The number of carbonyl (C=O) groups excluding carboxylic acids is 2. The first-order valence-electron chi connectivity index (χ1n) is 8.02. The number of halogens is 1. The highest BCUT2D eigenvalue weighted by molar-refractivity contribution is 5.94. The van der Waals surface area contributed by atoms with E-state index in [2.05, 4.69) is 5.32 Å². The number of rotatable bonds is 6. The maximum Gasteiger partial charge on any atom is 0.251 e. The molecule has 136 valence electrons. The highest BCUT2D eigenvalue weighted by Crippen LogP contribution is 2.18. The minimum Gasteiger partial charge on any atom is -0.494 e. The molecule has 1 N–H and O–H groups in total. The van der Waals surface area contributed by atoms with E-state index < -0.39 is 5.82 Å². The number of ether oxygens (including phenoxy) is 1. The number of methoxy groups -OCH3 is 1. The summed E-state index contributed by atoms with van der Waals surface area (Å²) in [6, 6.07) is 11.5. The largest absolute Gasteiger partial charge is 0.494 e. The molecule has 0 bridgehead atoms. The van der Waals surface area contributed by atoms with Crippen molar-refractivity contribution in [1.82, 2.24) is 10.2 Å². The van der Waals surface area contributed by atoms with Crippen molar-refractivity contribution in [3.05, 3.63) is 71.0 Å². The van der Waals surface area contributed by atoms with E-state index in [1.165, 1.54) is 30.2 Å². The molecule has 2 amide bonds. The fourth-order valence-electron chi connectivity index (χ4n) is 2.34. The number of likely N-dealkylation sites (N-methyl/N-ethyl adjacent to an activating group) is 1. The molecule has 26 heavy (non-hydrogen) atoms. The molecule has 0 radical (unpaired) electrons. The third-order valence-electron chi connectivity index (χ3n) is 3.83. The van der Waals surface area contributed by atoms with Gasteiger partial charge in [0.25, 0.3) is 5.91 Å². The normalized spacial score (nSPS) is 10.6. The van der Waals surface area contributed by atoms with Crippen molar-refractivity contribution in [3.8, 4) is 5.75 Å².